The quantitative estimate of drug-likeness (QED) is 0.609. The average Bonchev–Trinajstić information content (AvgIpc) is 2.92. The zero-order valence-corrected chi connectivity index (χ0v) is 14.5. The van der Waals surface area contributed by atoms with E-state index in [4.69, 9.17) is 13.9 Å². The van der Waals surface area contributed by atoms with Crippen LogP contribution in [0.1, 0.15) is 27.4 Å². The van der Waals surface area contributed by atoms with Crippen LogP contribution < -0.4 is 14.8 Å². The fourth-order valence-electron chi connectivity index (χ4n) is 2.54. The van der Waals surface area contributed by atoms with Crippen molar-refractivity contribution in [3.63, 3.8) is 0 Å². The minimum Gasteiger partial charge on any atom is -0.493 e. The molecule has 134 valence electrons. The van der Waals surface area contributed by atoms with Crippen LogP contribution in [0.5, 0.6) is 11.5 Å². The van der Waals surface area contributed by atoms with Crippen molar-refractivity contribution >= 4 is 11.6 Å². The topological polar surface area (TPSA) is 104 Å². The molecule has 0 spiro atoms. The number of aryl methyl sites for hydroxylation is 2. The SMILES string of the molecule is COc1cc(CCNC(=O)c2cc(C)oc2C)c([N+](=O)[O-])cc1OC. The number of nitrogens with zero attached hydrogens (tertiary/aromatic N) is 1. The molecule has 0 aliphatic rings. The van der Waals surface area contributed by atoms with Crippen molar-refractivity contribution in [2.75, 3.05) is 20.8 Å². The zero-order chi connectivity index (χ0) is 18.6. The maximum atomic E-state index is 12.2. The molecule has 2 aromatic rings. The number of nitro benzene ring substituents is 1. The molecule has 1 aromatic carbocycles. The highest BCUT2D eigenvalue weighted by molar-refractivity contribution is 5.95. The molecule has 1 N–H and O–H groups in total. The molecule has 0 saturated carbocycles. The van der Waals surface area contributed by atoms with Gasteiger partial charge in [-0.2, -0.15) is 0 Å². The summed E-state index contributed by atoms with van der Waals surface area (Å²) >= 11 is 0. The highest BCUT2D eigenvalue weighted by atomic mass is 16.6. The molecule has 2 rings (SSSR count). The molecule has 1 heterocycles. The van der Waals surface area contributed by atoms with Gasteiger partial charge in [0.25, 0.3) is 11.6 Å². The fraction of sp³-hybridized carbons (Fsp3) is 0.353. The lowest BCUT2D eigenvalue weighted by molar-refractivity contribution is -0.385. The van der Waals surface area contributed by atoms with Gasteiger partial charge in [0, 0.05) is 12.1 Å². The highest BCUT2D eigenvalue weighted by Gasteiger charge is 2.20. The number of carbonyl (C=O) groups excluding carboxylic acids is 1. The lowest BCUT2D eigenvalue weighted by atomic mass is 10.1. The first-order valence-corrected chi connectivity index (χ1v) is 7.62. The number of hydrogen-bond donors (Lipinski definition) is 1. The summed E-state index contributed by atoms with van der Waals surface area (Å²) in [5.74, 6) is 1.59. The summed E-state index contributed by atoms with van der Waals surface area (Å²) in [5, 5.41) is 14.0. The van der Waals surface area contributed by atoms with Gasteiger partial charge < -0.3 is 19.2 Å². The standard InChI is InChI=1S/C17H20N2O6/c1-10-7-13(11(2)25-10)17(20)18-6-5-12-8-15(23-3)16(24-4)9-14(12)19(21)22/h7-9H,5-6H2,1-4H3,(H,18,20). The lowest BCUT2D eigenvalue weighted by Gasteiger charge is -2.11. The fourth-order valence-corrected chi connectivity index (χ4v) is 2.54. The van der Waals surface area contributed by atoms with E-state index in [-0.39, 0.29) is 30.3 Å². The van der Waals surface area contributed by atoms with Crippen LogP contribution in [0.15, 0.2) is 22.6 Å². The van der Waals surface area contributed by atoms with E-state index in [2.05, 4.69) is 5.32 Å². The molecule has 1 amide bonds. The molecular weight excluding hydrogens is 328 g/mol. The van der Waals surface area contributed by atoms with Crippen LogP contribution in [0, 0.1) is 24.0 Å². The molecule has 0 atom stereocenters. The van der Waals surface area contributed by atoms with Gasteiger partial charge in [0.2, 0.25) is 0 Å². The van der Waals surface area contributed by atoms with Crippen molar-refractivity contribution in [2.45, 2.75) is 20.3 Å². The number of nitro groups is 1. The van der Waals surface area contributed by atoms with Crippen LogP contribution in [0.3, 0.4) is 0 Å². The minimum atomic E-state index is -0.483. The van der Waals surface area contributed by atoms with Gasteiger partial charge in [0.1, 0.15) is 11.5 Å². The molecule has 0 aliphatic carbocycles. The number of hydrogen-bond acceptors (Lipinski definition) is 6. The summed E-state index contributed by atoms with van der Waals surface area (Å²) in [6.45, 7) is 3.71. The lowest BCUT2D eigenvalue weighted by Crippen LogP contribution is -2.26. The number of benzene rings is 1. The van der Waals surface area contributed by atoms with Gasteiger partial charge in [-0.3, -0.25) is 14.9 Å². The summed E-state index contributed by atoms with van der Waals surface area (Å²) in [5.41, 5.74) is 0.824. The van der Waals surface area contributed by atoms with Crippen LogP contribution >= 0.6 is 0 Å². The van der Waals surface area contributed by atoms with E-state index in [1.165, 1.54) is 20.3 Å². The number of methoxy groups -OCH3 is 2. The van der Waals surface area contributed by atoms with Gasteiger partial charge in [-0.05, 0) is 32.4 Å². The highest BCUT2D eigenvalue weighted by Crippen LogP contribution is 2.34. The number of carbonyl (C=O) groups is 1. The van der Waals surface area contributed by atoms with Crippen LogP contribution in [-0.4, -0.2) is 31.6 Å². The van der Waals surface area contributed by atoms with Crippen LogP contribution in [0.4, 0.5) is 5.69 Å². The summed E-state index contributed by atoms with van der Waals surface area (Å²) in [7, 11) is 2.87. The predicted molar refractivity (Wildman–Crippen MR) is 90.4 cm³/mol. The smallest absolute Gasteiger partial charge is 0.276 e. The Labute approximate surface area is 144 Å². The first kappa shape index (κ1) is 18.3. The number of ether oxygens (including phenoxy) is 2. The molecular formula is C17H20N2O6. The summed E-state index contributed by atoms with van der Waals surface area (Å²) in [6.07, 6.45) is 0.276. The molecule has 0 fully saturated rings. The van der Waals surface area contributed by atoms with E-state index in [0.29, 0.717) is 28.4 Å². The van der Waals surface area contributed by atoms with Crippen molar-refractivity contribution in [3.8, 4) is 11.5 Å². The van der Waals surface area contributed by atoms with E-state index < -0.39 is 4.92 Å². The average molecular weight is 348 g/mol. The third-order valence-corrected chi connectivity index (χ3v) is 3.75. The van der Waals surface area contributed by atoms with Crippen molar-refractivity contribution < 1.29 is 23.6 Å². The van der Waals surface area contributed by atoms with Gasteiger partial charge >= 0.3 is 0 Å². The Morgan fingerprint density at radius 1 is 1.20 bits per heavy atom. The predicted octanol–water partition coefficient (Wildman–Crippen LogP) is 2.79. The second-order valence-electron chi connectivity index (χ2n) is 5.43. The van der Waals surface area contributed by atoms with E-state index in [0.717, 1.165) is 0 Å². The number of rotatable bonds is 7. The third-order valence-electron chi connectivity index (χ3n) is 3.75. The van der Waals surface area contributed by atoms with Gasteiger partial charge in [-0.15, -0.1) is 0 Å². The maximum Gasteiger partial charge on any atom is 0.276 e. The zero-order valence-electron chi connectivity index (χ0n) is 14.5. The van der Waals surface area contributed by atoms with Gasteiger partial charge in [-0.25, -0.2) is 0 Å². The normalized spacial score (nSPS) is 10.4. The van der Waals surface area contributed by atoms with E-state index in [1.54, 1.807) is 26.0 Å². The van der Waals surface area contributed by atoms with Crippen molar-refractivity contribution in [3.05, 3.63) is 51.0 Å². The number of nitrogens with one attached hydrogen (secondary N) is 1. The molecule has 25 heavy (non-hydrogen) atoms. The molecule has 8 nitrogen and oxygen atoms in total. The Kier molecular flexibility index (Phi) is 5.63. The Balaban J connectivity index is 2.13. The second kappa shape index (κ2) is 7.69. The molecule has 0 unspecified atom stereocenters. The van der Waals surface area contributed by atoms with Crippen LogP contribution in [0.2, 0.25) is 0 Å². The Hall–Kier alpha value is -3.03. The van der Waals surface area contributed by atoms with Gasteiger partial charge in [0.05, 0.1) is 30.8 Å². The van der Waals surface area contributed by atoms with E-state index >= 15 is 0 Å². The maximum absolute atomic E-state index is 12.2. The van der Waals surface area contributed by atoms with Gasteiger partial charge in [-0.1, -0.05) is 0 Å². The molecule has 0 aliphatic heterocycles. The van der Waals surface area contributed by atoms with Crippen LogP contribution in [0.25, 0.3) is 0 Å². The molecule has 1 aromatic heterocycles. The summed E-state index contributed by atoms with van der Waals surface area (Å²) in [6, 6.07) is 4.53. The first-order chi connectivity index (χ1) is 11.9. The first-order valence-electron chi connectivity index (χ1n) is 7.62. The van der Waals surface area contributed by atoms with E-state index in [1.807, 2.05) is 0 Å². The van der Waals surface area contributed by atoms with Crippen molar-refractivity contribution in [2.24, 2.45) is 0 Å². The largest absolute Gasteiger partial charge is 0.493 e. The molecule has 0 radical (unpaired) electrons. The molecule has 0 saturated heterocycles. The summed E-state index contributed by atoms with van der Waals surface area (Å²) in [4.78, 5) is 22.9. The van der Waals surface area contributed by atoms with E-state index in [9.17, 15) is 14.9 Å². The Morgan fingerprint density at radius 2 is 1.84 bits per heavy atom. The van der Waals surface area contributed by atoms with Crippen LogP contribution in [-0.2, 0) is 6.42 Å². The Morgan fingerprint density at radius 3 is 2.36 bits per heavy atom. The molecule has 0 bridgehead atoms. The molecule has 8 heteroatoms. The van der Waals surface area contributed by atoms with Crippen molar-refractivity contribution in [1.29, 1.82) is 0 Å². The number of furan rings is 1. The number of amides is 1. The van der Waals surface area contributed by atoms with Gasteiger partial charge in [0.15, 0.2) is 11.5 Å². The monoisotopic (exact) mass is 348 g/mol. The Bertz CT molecular complexity index is 797. The summed E-state index contributed by atoms with van der Waals surface area (Å²) < 4.78 is 15.6. The third kappa shape index (κ3) is 4.09. The second-order valence-corrected chi connectivity index (χ2v) is 5.43. The minimum absolute atomic E-state index is 0.0813. The van der Waals surface area contributed by atoms with Crippen molar-refractivity contribution in [1.82, 2.24) is 5.32 Å².